The lowest BCUT2D eigenvalue weighted by molar-refractivity contribution is 0.102. The second kappa shape index (κ2) is 7.77. The molecule has 1 N–H and O–H groups in total. The van der Waals surface area contributed by atoms with E-state index in [1.54, 1.807) is 41.6 Å². The van der Waals surface area contributed by atoms with Crippen molar-refractivity contribution in [1.29, 1.82) is 0 Å². The van der Waals surface area contributed by atoms with Gasteiger partial charge in [0.05, 0.1) is 11.3 Å². The van der Waals surface area contributed by atoms with Gasteiger partial charge in [-0.1, -0.05) is 42.6 Å². The van der Waals surface area contributed by atoms with Crippen LogP contribution < -0.4 is 5.32 Å². The molecule has 26 heavy (non-hydrogen) atoms. The highest BCUT2D eigenvalue weighted by atomic mass is 35.5. The molecule has 3 aliphatic rings. The Morgan fingerprint density at radius 3 is 2.58 bits per heavy atom. The van der Waals surface area contributed by atoms with Crippen LogP contribution in [0.5, 0.6) is 0 Å². The van der Waals surface area contributed by atoms with E-state index in [1.165, 1.54) is 57.1 Å². The summed E-state index contributed by atoms with van der Waals surface area (Å²) in [6.45, 7) is 0. The molecule has 1 spiro atoms. The first-order chi connectivity index (χ1) is 12.7. The van der Waals surface area contributed by atoms with Gasteiger partial charge in [0.25, 0.3) is 0 Å². The van der Waals surface area contributed by atoms with Gasteiger partial charge < -0.3 is 5.32 Å². The SMILES string of the molecule is O=C(CSC1=NC2(CCCCC2)C2=C(CCCC2)N1)c1ccc(Cl)cc1. The van der Waals surface area contributed by atoms with Crippen molar-refractivity contribution in [3.63, 3.8) is 0 Å². The van der Waals surface area contributed by atoms with E-state index in [2.05, 4.69) is 5.32 Å². The van der Waals surface area contributed by atoms with Crippen LogP contribution in [-0.2, 0) is 0 Å². The Labute approximate surface area is 164 Å². The van der Waals surface area contributed by atoms with Crippen molar-refractivity contribution in [3.05, 3.63) is 46.1 Å². The molecule has 1 aromatic carbocycles. The van der Waals surface area contributed by atoms with Gasteiger partial charge in [-0.15, -0.1) is 0 Å². The molecular formula is C21H25ClN2OS. The van der Waals surface area contributed by atoms with Gasteiger partial charge in [0.2, 0.25) is 0 Å². The lowest BCUT2D eigenvalue weighted by atomic mass is 9.72. The number of hydrogen-bond acceptors (Lipinski definition) is 4. The first-order valence-electron chi connectivity index (χ1n) is 9.67. The van der Waals surface area contributed by atoms with Crippen LogP contribution >= 0.6 is 23.4 Å². The summed E-state index contributed by atoms with van der Waals surface area (Å²) in [6, 6.07) is 7.13. The lowest BCUT2D eigenvalue weighted by Crippen LogP contribution is -2.43. The van der Waals surface area contributed by atoms with Gasteiger partial charge >= 0.3 is 0 Å². The molecule has 0 unspecified atom stereocenters. The number of allylic oxidation sites excluding steroid dienone is 1. The Bertz CT molecular complexity index is 748. The predicted octanol–water partition coefficient (Wildman–Crippen LogP) is 5.75. The molecule has 1 heterocycles. The van der Waals surface area contributed by atoms with Crippen LogP contribution in [-0.4, -0.2) is 22.2 Å². The number of carbonyl (C=O) groups is 1. The zero-order valence-electron chi connectivity index (χ0n) is 15.0. The zero-order chi connectivity index (χ0) is 18.0. The van der Waals surface area contributed by atoms with Crippen LogP contribution in [0.2, 0.25) is 5.02 Å². The highest BCUT2D eigenvalue weighted by molar-refractivity contribution is 8.14. The van der Waals surface area contributed by atoms with Crippen molar-refractivity contribution in [2.45, 2.75) is 63.3 Å². The van der Waals surface area contributed by atoms with Crippen LogP contribution in [0, 0.1) is 0 Å². The fraction of sp³-hybridized carbons (Fsp3) is 0.524. The summed E-state index contributed by atoms with van der Waals surface area (Å²) in [5.41, 5.74) is 3.69. The molecule has 4 rings (SSSR count). The average Bonchev–Trinajstić information content (AvgIpc) is 2.67. The molecule has 0 aromatic heterocycles. The van der Waals surface area contributed by atoms with Crippen LogP contribution in [0.1, 0.15) is 68.1 Å². The largest absolute Gasteiger partial charge is 0.339 e. The van der Waals surface area contributed by atoms with Crippen molar-refractivity contribution in [2.24, 2.45) is 4.99 Å². The van der Waals surface area contributed by atoms with Gasteiger partial charge in [-0.3, -0.25) is 9.79 Å². The molecule has 0 radical (unpaired) electrons. The first kappa shape index (κ1) is 18.1. The van der Waals surface area contributed by atoms with Crippen molar-refractivity contribution in [2.75, 3.05) is 5.75 Å². The Morgan fingerprint density at radius 1 is 1.08 bits per heavy atom. The van der Waals surface area contributed by atoms with Crippen LogP contribution in [0.25, 0.3) is 0 Å². The maximum Gasteiger partial charge on any atom is 0.173 e. The summed E-state index contributed by atoms with van der Waals surface area (Å²) in [5.74, 6) is 0.531. The molecule has 138 valence electrons. The van der Waals surface area contributed by atoms with Gasteiger partial charge in [-0.05, 0) is 68.4 Å². The predicted molar refractivity (Wildman–Crippen MR) is 110 cm³/mol. The third kappa shape index (κ3) is 3.72. The number of nitrogens with one attached hydrogen (secondary N) is 1. The Kier molecular flexibility index (Phi) is 5.42. The Hall–Kier alpha value is -1.26. The van der Waals surface area contributed by atoms with E-state index >= 15 is 0 Å². The van der Waals surface area contributed by atoms with Crippen molar-refractivity contribution >= 4 is 34.3 Å². The summed E-state index contributed by atoms with van der Waals surface area (Å²) in [6.07, 6.45) is 11.0. The van der Waals surface area contributed by atoms with Crippen molar-refractivity contribution in [3.8, 4) is 0 Å². The maximum absolute atomic E-state index is 12.5. The molecule has 3 nitrogen and oxygen atoms in total. The van der Waals surface area contributed by atoms with E-state index in [0.717, 1.165) is 11.6 Å². The first-order valence-corrected chi connectivity index (χ1v) is 11.0. The molecule has 0 atom stereocenters. The van der Waals surface area contributed by atoms with E-state index in [0.29, 0.717) is 16.3 Å². The van der Waals surface area contributed by atoms with Gasteiger partial charge in [-0.25, -0.2) is 0 Å². The molecule has 1 aromatic rings. The van der Waals surface area contributed by atoms with Gasteiger partial charge in [0, 0.05) is 16.3 Å². The van der Waals surface area contributed by atoms with Gasteiger partial charge in [-0.2, -0.15) is 0 Å². The fourth-order valence-electron chi connectivity index (χ4n) is 4.45. The van der Waals surface area contributed by atoms with Crippen molar-refractivity contribution in [1.82, 2.24) is 5.32 Å². The smallest absolute Gasteiger partial charge is 0.173 e. The minimum atomic E-state index is 0.0188. The number of nitrogens with zero attached hydrogens (tertiary/aromatic N) is 1. The summed E-state index contributed by atoms with van der Waals surface area (Å²) >= 11 is 7.46. The average molecular weight is 389 g/mol. The van der Waals surface area contributed by atoms with Crippen LogP contribution in [0.3, 0.4) is 0 Å². The quantitative estimate of drug-likeness (QED) is 0.670. The summed E-state index contributed by atoms with van der Waals surface area (Å²) in [4.78, 5) is 17.7. The van der Waals surface area contributed by atoms with E-state index in [1.807, 2.05) is 0 Å². The minimum absolute atomic E-state index is 0.0188. The molecular weight excluding hydrogens is 364 g/mol. The number of fused-ring (bicyclic) bond motifs is 1. The standard InChI is InChI=1S/C21H25ClN2OS/c22-16-10-8-15(9-11-16)19(25)14-26-20-23-18-7-3-2-6-17(18)21(24-20)12-4-1-5-13-21/h8-11H,1-7,12-14H2,(H,23,24). The number of thioether (sulfide) groups is 1. The second-order valence-electron chi connectivity index (χ2n) is 7.52. The molecule has 1 saturated carbocycles. The minimum Gasteiger partial charge on any atom is -0.339 e. The zero-order valence-corrected chi connectivity index (χ0v) is 16.6. The third-order valence-electron chi connectivity index (χ3n) is 5.79. The molecule has 2 aliphatic carbocycles. The molecule has 1 aliphatic heterocycles. The highest BCUT2D eigenvalue weighted by Crippen LogP contribution is 2.45. The molecule has 0 amide bonds. The van der Waals surface area contributed by atoms with E-state index in [-0.39, 0.29) is 11.3 Å². The summed E-state index contributed by atoms with van der Waals surface area (Å²) in [5, 5.41) is 5.16. The van der Waals surface area contributed by atoms with Crippen molar-refractivity contribution < 1.29 is 4.79 Å². The van der Waals surface area contributed by atoms with Crippen LogP contribution in [0.15, 0.2) is 40.5 Å². The summed E-state index contributed by atoms with van der Waals surface area (Å²) in [7, 11) is 0. The second-order valence-corrected chi connectivity index (χ2v) is 8.92. The topological polar surface area (TPSA) is 41.5 Å². The van der Waals surface area contributed by atoms with E-state index in [9.17, 15) is 4.79 Å². The number of benzene rings is 1. The normalized spacial score (nSPS) is 21.8. The lowest BCUT2D eigenvalue weighted by Gasteiger charge is -2.42. The number of hydrogen-bond donors (Lipinski definition) is 1. The number of aliphatic imine (C=N–C) groups is 1. The number of carbonyl (C=O) groups excluding carboxylic acids is 1. The Balaban J connectivity index is 1.49. The number of amidine groups is 1. The molecule has 0 saturated heterocycles. The number of rotatable bonds is 3. The Morgan fingerprint density at radius 2 is 1.81 bits per heavy atom. The monoisotopic (exact) mass is 388 g/mol. The number of halogens is 1. The van der Waals surface area contributed by atoms with Gasteiger partial charge in [0.15, 0.2) is 11.0 Å². The summed E-state index contributed by atoms with van der Waals surface area (Å²) < 4.78 is 0. The van der Waals surface area contributed by atoms with E-state index < -0.39 is 0 Å². The molecule has 0 bridgehead atoms. The maximum atomic E-state index is 12.5. The highest BCUT2D eigenvalue weighted by Gasteiger charge is 2.40. The molecule has 1 fully saturated rings. The van der Waals surface area contributed by atoms with E-state index in [4.69, 9.17) is 16.6 Å². The molecule has 5 heteroatoms. The number of Topliss-reactive ketones (excluding diaryl/α,β-unsaturated/α-hetero) is 1. The fourth-order valence-corrected chi connectivity index (χ4v) is 5.44. The van der Waals surface area contributed by atoms with Crippen LogP contribution in [0.4, 0.5) is 0 Å². The third-order valence-corrected chi connectivity index (χ3v) is 6.92. The van der Waals surface area contributed by atoms with Gasteiger partial charge in [0.1, 0.15) is 0 Å². The number of ketones is 1.